The zero-order valence-electron chi connectivity index (χ0n) is 10.7. The summed E-state index contributed by atoms with van der Waals surface area (Å²) in [5.74, 6) is -1.22. The van der Waals surface area contributed by atoms with Crippen LogP contribution in [0.4, 0.5) is 23.7 Å². The molecule has 0 spiro atoms. The molecule has 2 amide bonds. The molecule has 0 saturated heterocycles. The van der Waals surface area contributed by atoms with Crippen LogP contribution in [0.25, 0.3) is 0 Å². The maximum atomic E-state index is 12.1. The minimum absolute atomic E-state index is 0.0505. The number of hydrogen-bond acceptors (Lipinski definition) is 3. The van der Waals surface area contributed by atoms with Gasteiger partial charge in [-0.25, -0.2) is 4.79 Å². The van der Waals surface area contributed by atoms with Crippen LogP contribution in [0, 0.1) is 0 Å². The summed E-state index contributed by atoms with van der Waals surface area (Å²) in [5.41, 5.74) is 0.0505. The van der Waals surface area contributed by atoms with E-state index in [2.05, 4.69) is 15.4 Å². The van der Waals surface area contributed by atoms with Gasteiger partial charge in [-0.1, -0.05) is 12.1 Å². The molecular weight excluding hydrogens is 293 g/mol. The van der Waals surface area contributed by atoms with Gasteiger partial charge in [0.05, 0.1) is 12.1 Å². The van der Waals surface area contributed by atoms with Crippen LogP contribution >= 0.6 is 0 Å². The molecule has 0 fully saturated rings. The van der Waals surface area contributed by atoms with Gasteiger partial charge in [-0.2, -0.15) is 13.2 Å². The molecule has 3 N–H and O–H groups in total. The van der Waals surface area contributed by atoms with Crippen molar-refractivity contribution in [1.82, 2.24) is 5.32 Å². The first kappa shape index (κ1) is 16.6. The Balaban J connectivity index is 2.58. The SMILES string of the molecule is O=C(O)CCNC(=O)Nc1ccccc1OCC(F)(F)F. The topological polar surface area (TPSA) is 87.7 Å². The summed E-state index contributed by atoms with van der Waals surface area (Å²) >= 11 is 0. The molecule has 0 unspecified atom stereocenters. The fraction of sp³-hybridized carbons (Fsp3) is 0.333. The van der Waals surface area contributed by atoms with Crippen molar-refractivity contribution >= 4 is 17.7 Å². The number of carboxylic acid groups (broad SMARTS) is 1. The molecule has 0 aliphatic rings. The summed E-state index contributed by atoms with van der Waals surface area (Å²) in [6.45, 7) is -1.58. The van der Waals surface area contributed by atoms with Crippen molar-refractivity contribution in [3.63, 3.8) is 0 Å². The van der Waals surface area contributed by atoms with Crippen molar-refractivity contribution in [2.45, 2.75) is 12.6 Å². The van der Waals surface area contributed by atoms with Gasteiger partial charge in [0, 0.05) is 6.54 Å². The third-order valence-corrected chi connectivity index (χ3v) is 2.15. The number of urea groups is 1. The normalized spacial score (nSPS) is 10.8. The molecular formula is C12H13F3N2O4. The van der Waals surface area contributed by atoms with E-state index in [1.165, 1.54) is 24.3 Å². The maximum absolute atomic E-state index is 12.1. The number of ether oxygens (including phenoxy) is 1. The van der Waals surface area contributed by atoms with E-state index in [1.807, 2.05) is 0 Å². The van der Waals surface area contributed by atoms with E-state index in [0.29, 0.717) is 0 Å². The second kappa shape index (κ2) is 7.36. The van der Waals surface area contributed by atoms with Gasteiger partial charge in [0.15, 0.2) is 6.61 Å². The second-order valence-electron chi connectivity index (χ2n) is 3.92. The molecule has 0 aliphatic heterocycles. The van der Waals surface area contributed by atoms with Crippen LogP contribution in [0.1, 0.15) is 6.42 Å². The average Bonchev–Trinajstić information content (AvgIpc) is 2.36. The van der Waals surface area contributed by atoms with Gasteiger partial charge < -0.3 is 20.5 Å². The van der Waals surface area contributed by atoms with Crippen molar-refractivity contribution in [2.75, 3.05) is 18.5 Å². The average molecular weight is 306 g/mol. The molecule has 21 heavy (non-hydrogen) atoms. The van der Waals surface area contributed by atoms with Crippen molar-refractivity contribution in [2.24, 2.45) is 0 Å². The minimum atomic E-state index is -4.49. The van der Waals surface area contributed by atoms with Gasteiger partial charge in [0.2, 0.25) is 0 Å². The van der Waals surface area contributed by atoms with E-state index in [4.69, 9.17) is 5.11 Å². The number of anilines is 1. The Hall–Kier alpha value is -2.45. The number of aliphatic carboxylic acids is 1. The lowest BCUT2D eigenvalue weighted by Crippen LogP contribution is -2.30. The van der Waals surface area contributed by atoms with E-state index in [1.54, 1.807) is 0 Å². The zero-order valence-corrected chi connectivity index (χ0v) is 10.7. The molecule has 0 bridgehead atoms. The van der Waals surface area contributed by atoms with Gasteiger partial charge in [-0.05, 0) is 12.1 Å². The van der Waals surface area contributed by atoms with Crippen LogP contribution in [-0.4, -0.2) is 36.4 Å². The predicted molar refractivity (Wildman–Crippen MR) is 67.3 cm³/mol. The lowest BCUT2D eigenvalue weighted by Gasteiger charge is -2.14. The Kier molecular flexibility index (Phi) is 5.82. The summed E-state index contributed by atoms with van der Waals surface area (Å²) in [6, 6.07) is 4.87. The number of halogens is 3. The van der Waals surface area contributed by atoms with Crippen LogP contribution in [0.15, 0.2) is 24.3 Å². The Morgan fingerprint density at radius 1 is 1.24 bits per heavy atom. The fourth-order valence-electron chi connectivity index (χ4n) is 1.30. The number of benzene rings is 1. The van der Waals surface area contributed by atoms with E-state index >= 15 is 0 Å². The van der Waals surface area contributed by atoms with Crippen molar-refractivity contribution < 1.29 is 32.6 Å². The van der Waals surface area contributed by atoms with Crippen molar-refractivity contribution in [1.29, 1.82) is 0 Å². The number of carboxylic acids is 1. The number of carbonyl (C=O) groups is 2. The Morgan fingerprint density at radius 2 is 1.90 bits per heavy atom. The standard InChI is InChI=1S/C12H13F3N2O4/c13-12(14,15)7-21-9-4-2-1-3-8(9)17-11(20)16-6-5-10(18)19/h1-4H,5-7H2,(H,18,19)(H2,16,17,20). The minimum Gasteiger partial charge on any atom is -0.482 e. The maximum Gasteiger partial charge on any atom is 0.422 e. The summed E-state index contributed by atoms with van der Waals surface area (Å²) in [6.07, 6.45) is -4.75. The smallest absolute Gasteiger partial charge is 0.422 e. The number of rotatable bonds is 6. The number of alkyl halides is 3. The van der Waals surface area contributed by atoms with E-state index < -0.39 is 24.8 Å². The quantitative estimate of drug-likeness (QED) is 0.752. The Bertz CT molecular complexity index is 506. The molecule has 6 nitrogen and oxygen atoms in total. The predicted octanol–water partition coefficient (Wildman–Crippen LogP) is 2.22. The largest absolute Gasteiger partial charge is 0.482 e. The summed E-state index contributed by atoms with van der Waals surface area (Å²) in [7, 11) is 0. The molecule has 0 heterocycles. The first-order valence-corrected chi connectivity index (χ1v) is 5.83. The molecule has 0 atom stereocenters. The van der Waals surface area contributed by atoms with E-state index in [-0.39, 0.29) is 24.4 Å². The molecule has 9 heteroatoms. The zero-order chi connectivity index (χ0) is 15.9. The first-order chi connectivity index (χ1) is 9.78. The highest BCUT2D eigenvalue weighted by Gasteiger charge is 2.28. The van der Waals surface area contributed by atoms with Gasteiger partial charge in [-0.3, -0.25) is 4.79 Å². The van der Waals surface area contributed by atoms with Gasteiger partial charge >= 0.3 is 18.2 Å². The highest BCUT2D eigenvalue weighted by Crippen LogP contribution is 2.26. The third-order valence-electron chi connectivity index (χ3n) is 2.15. The van der Waals surface area contributed by atoms with Crippen LogP contribution in [0.5, 0.6) is 5.75 Å². The fourth-order valence-corrected chi connectivity index (χ4v) is 1.30. The Morgan fingerprint density at radius 3 is 2.52 bits per heavy atom. The van der Waals surface area contributed by atoms with Crippen LogP contribution in [0.2, 0.25) is 0 Å². The van der Waals surface area contributed by atoms with Crippen molar-refractivity contribution in [3.05, 3.63) is 24.3 Å². The van der Waals surface area contributed by atoms with Crippen LogP contribution < -0.4 is 15.4 Å². The summed E-state index contributed by atoms with van der Waals surface area (Å²) in [4.78, 5) is 21.7. The number of nitrogens with one attached hydrogen (secondary N) is 2. The monoisotopic (exact) mass is 306 g/mol. The Labute approximate surface area is 117 Å². The van der Waals surface area contributed by atoms with E-state index in [9.17, 15) is 22.8 Å². The molecule has 1 rings (SSSR count). The van der Waals surface area contributed by atoms with E-state index in [0.717, 1.165) is 0 Å². The first-order valence-electron chi connectivity index (χ1n) is 5.83. The van der Waals surface area contributed by atoms with Crippen LogP contribution in [-0.2, 0) is 4.79 Å². The third kappa shape index (κ3) is 7.04. The molecule has 1 aromatic carbocycles. The summed E-state index contributed by atoms with van der Waals surface area (Å²) < 4.78 is 40.9. The molecule has 116 valence electrons. The molecule has 0 aromatic heterocycles. The molecule has 0 saturated carbocycles. The number of carbonyl (C=O) groups excluding carboxylic acids is 1. The number of para-hydroxylation sites is 2. The van der Waals surface area contributed by atoms with Gasteiger partial charge in [-0.15, -0.1) is 0 Å². The lowest BCUT2D eigenvalue weighted by atomic mass is 10.3. The highest BCUT2D eigenvalue weighted by atomic mass is 19.4. The van der Waals surface area contributed by atoms with Gasteiger partial charge in [0.1, 0.15) is 5.75 Å². The molecule has 0 aliphatic carbocycles. The second-order valence-corrected chi connectivity index (χ2v) is 3.92. The molecule has 1 aromatic rings. The van der Waals surface area contributed by atoms with Crippen LogP contribution in [0.3, 0.4) is 0 Å². The van der Waals surface area contributed by atoms with Crippen molar-refractivity contribution in [3.8, 4) is 5.75 Å². The summed E-state index contributed by atoms with van der Waals surface area (Å²) in [5, 5.41) is 12.9. The van der Waals surface area contributed by atoms with Gasteiger partial charge in [0.25, 0.3) is 0 Å². The number of hydrogen-bond donors (Lipinski definition) is 3. The highest BCUT2D eigenvalue weighted by molar-refractivity contribution is 5.91. The molecule has 0 radical (unpaired) electrons. The number of amides is 2. The lowest BCUT2D eigenvalue weighted by molar-refractivity contribution is -0.153.